The Morgan fingerprint density at radius 3 is 2.73 bits per heavy atom. The van der Waals surface area contributed by atoms with Gasteiger partial charge >= 0.3 is 5.97 Å². The summed E-state index contributed by atoms with van der Waals surface area (Å²) in [6.45, 7) is 2.05. The third-order valence-corrected chi connectivity index (χ3v) is 1.87. The van der Waals surface area contributed by atoms with Crippen LogP contribution in [-0.2, 0) is 4.74 Å². The first-order chi connectivity index (χ1) is 7.22. The minimum atomic E-state index is -0.423. The molecule has 0 amide bonds. The standard InChI is InChI=1S/C11H12O4/c1-3-15-11(13)8-4-5-9(7-12)10(6-8)14-2/h4-7H,3H2,1-2H3. The highest BCUT2D eigenvalue weighted by Crippen LogP contribution is 2.18. The lowest BCUT2D eigenvalue weighted by atomic mass is 10.1. The molecule has 0 fully saturated rings. The molecule has 4 nitrogen and oxygen atoms in total. The van der Waals surface area contributed by atoms with Crippen molar-refractivity contribution in [2.24, 2.45) is 0 Å². The van der Waals surface area contributed by atoms with Gasteiger partial charge in [0.05, 0.1) is 24.8 Å². The summed E-state index contributed by atoms with van der Waals surface area (Å²) in [5, 5.41) is 0. The predicted octanol–water partition coefficient (Wildman–Crippen LogP) is 1.68. The summed E-state index contributed by atoms with van der Waals surface area (Å²) in [5.74, 6) is -0.0520. The third kappa shape index (κ3) is 2.56. The van der Waals surface area contributed by atoms with Crippen molar-refractivity contribution in [3.8, 4) is 5.75 Å². The topological polar surface area (TPSA) is 52.6 Å². The minimum absolute atomic E-state index is 0.316. The first kappa shape index (κ1) is 11.2. The number of aldehydes is 1. The summed E-state index contributed by atoms with van der Waals surface area (Å²) < 4.78 is 9.78. The third-order valence-electron chi connectivity index (χ3n) is 1.87. The maximum Gasteiger partial charge on any atom is 0.338 e. The highest BCUT2D eigenvalue weighted by atomic mass is 16.5. The molecule has 0 spiro atoms. The number of methoxy groups -OCH3 is 1. The fourth-order valence-electron chi connectivity index (χ4n) is 1.15. The van der Waals surface area contributed by atoms with E-state index in [1.165, 1.54) is 25.3 Å². The number of esters is 1. The van der Waals surface area contributed by atoms with Crippen LogP contribution in [0.25, 0.3) is 0 Å². The van der Waals surface area contributed by atoms with Crippen LogP contribution in [0.4, 0.5) is 0 Å². The van der Waals surface area contributed by atoms with Gasteiger partial charge < -0.3 is 9.47 Å². The van der Waals surface area contributed by atoms with E-state index < -0.39 is 5.97 Å². The highest BCUT2D eigenvalue weighted by Gasteiger charge is 2.10. The largest absolute Gasteiger partial charge is 0.496 e. The Balaban J connectivity index is 3.02. The molecule has 0 aliphatic carbocycles. The van der Waals surface area contributed by atoms with Crippen molar-refractivity contribution in [2.45, 2.75) is 6.92 Å². The average Bonchev–Trinajstić information content (AvgIpc) is 2.28. The van der Waals surface area contributed by atoms with Crippen molar-refractivity contribution in [1.82, 2.24) is 0 Å². The number of carbonyl (C=O) groups excluding carboxylic acids is 2. The van der Waals surface area contributed by atoms with Gasteiger partial charge in [-0.15, -0.1) is 0 Å². The summed E-state index contributed by atoms with van der Waals surface area (Å²) in [4.78, 5) is 21.9. The molecule has 1 rings (SSSR count). The molecule has 0 saturated carbocycles. The van der Waals surface area contributed by atoms with E-state index in [1.807, 2.05) is 0 Å². The predicted molar refractivity (Wildman–Crippen MR) is 54.3 cm³/mol. The van der Waals surface area contributed by atoms with Crippen molar-refractivity contribution in [1.29, 1.82) is 0 Å². The summed E-state index contributed by atoms with van der Waals surface area (Å²) >= 11 is 0. The molecular formula is C11H12O4. The molecule has 0 N–H and O–H groups in total. The SMILES string of the molecule is CCOC(=O)c1ccc(C=O)c(OC)c1. The normalized spacial score (nSPS) is 9.47. The Morgan fingerprint density at radius 1 is 1.47 bits per heavy atom. The molecule has 0 radical (unpaired) electrons. The molecule has 1 aromatic carbocycles. The molecule has 0 aliphatic heterocycles. The number of hydrogen-bond donors (Lipinski definition) is 0. The fraction of sp³-hybridized carbons (Fsp3) is 0.273. The maximum absolute atomic E-state index is 11.3. The Morgan fingerprint density at radius 2 is 2.20 bits per heavy atom. The zero-order valence-corrected chi connectivity index (χ0v) is 8.65. The Hall–Kier alpha value is -1.84. The van der Waals surface area contributed by atoms with E-state index in [0.29, 0.717) is 29.8 Å². The van der Waals surface area contributed by atoms with Gasteiger partial charge in [0.1, 0.15) is 5.75 Å². The summed E-state index contributed by atoms with van der Waals surface area (Å²) in [6, 6.07) is 4.55. The Labute approximate surface area is 87.8 Å². The summed E-state index contributed by atoms with van der Waals surface area (Å²) in [7, 11) is 1.44. The van der Waals surface area contributed by atoms with Gasteiger partial charge in [0, 0.05) is 0 Å². The molecule has 1 aromatic rings. The van der Waals surface area contributed by atoms with Crippen molar-refractivity contribution in [3.63, 3.8) is 0 Å². The van der Waals surface area contributed by atoms with Gasteiger partial charge in [-0.3, -0.25) is 4.79 Å². The molecule has 0 heterocycles. The second kappa shape index (κ2) is 5.14. The Bertz CT molecular complexity index is 371. The van der Waals surface area contributed by atoms with Gasteiger partial charge in [-0.25, -0.2) is 4.79 Å². The van der Waals surface area contributed by atoms with E-state index in [0.717, 1.165) is 0 Å². The van der Waals surface area contributed by atoms with Crippen molar-refractivity contribution < 1.29 is 19.1 Å². The fourth-order valence-corrected chi connectivity index (χ4v) is 1.15. The Kier molecular flexibility index (Phi) is 3.85. The molecule has 0 unspecified atom stereocenters. The maximum atomic E-state index is 11.3. The van der Waals surface area contributed by atoms with Crippen molar-refractivity contribution in [2.75, 3.05) is 13.7 Å². The van der Waals surface area contributed by atoms with E-state index in [4.69, 9.17) is 9.47 Å². The first-order valence-corrected chi connectivity index (χ1v) is 4.53. The van der Waals surface area contributed by atoms with E-state index in [9.17, 15) is 9.59 Å². The van der Waals surface area contributed by atoms with Crippen molar-refractivity contribution in [3.05, 3.63) is 29.3 Å². The van der Waals surface area contributed by atoms with Gasteiger partial charge in [-0.2, -0.15) is 0 Å². The van der Waals surface area contributed by atoms with E-state index in [1.54, 1.807) is 6.92 Å². The second-order valence-electron chi connectivity index (χ2n) is 2.80. The van der Waals surface area contributed by atoms with Crippen LogP contribution in [0.15, 0.2) is 18.2 Å². The molecule has 0 aliphatic rings. The number of carbonyl (C=O) groups is 2. The van der Waals surface area contributed by atoms with Gasteiger partial charge in [-0.1, -0.05) is 0 Å². The van der Waals surface area contributed by atoms with Gasteiger partial charge in [-0.05, 0) is 25.1 Å². The summed E-state index contributed by atoms with van der Waals surface area (Å²) in [6.07, 6.45) is 0.674. The smallest absolute Gasteiger partial charge is 0.338 e. The van der Waals surface area contributed by atoms with Crippen LogP contribution in [0.2, 0.25) is 0 Å². The van der Waals surface area contributed by atoms with Crippen LogP contribution in [0, 0.1) is 0 Å². The van der Waals surface area contributed by atoms with Crippen LogP contribution in [0.5, 0.6) is 5.75 Å². The van der Waals surface area contributed by atoms with E-state index in [-0.39, 0.29) is 0 Å². The van der Waals surface area contributed by atoms with Crippen LogP contribution >= 0.6 is 0 Å². The number of ether oxygens (including phenoxy) is 2. The van der Waals surface area contributed by atoms with Gasteiger partial charge in [0.2, 0.25) is 0 Å². The zero-order valence-electron chi connectivity index (χ0n) is 8.65. The van der Waals surface area contributed by atoms with Crippen LogP contribution < -0.4 is 4.74 Å². The van der Waals surface area contributed by atoms with Crippen LogP contribution in [0.1, 0.15) is 27.6 Å². The quantitative estimate of drug-likeness (QED) is 0.558. The second-order valence-corrected chi connectivity index (χ2v) is 2.80. The molecule has 15 heavy (non-hydrogen) atoms. The molecular weight excluding hydrogens is 196 g/mol. The van der Waals surface area contributed by atoms with Crippen LogP contribution in [0.3, 0.4) is 0 Å². The highest BCUT2D eigenvalue weighted by molar-refractivity contribution is 5.91. The molecule has 4 heteroatoms. The lowest BCUT2D eigenvalue weighted by Crippen LogP contribution is -2.05. The van der Waals surface area contributed by atoms with Crippen LogP contribution in [-0.4, -0.2) is 26.0 Å². The molecule has 0 atom stereocenters. The summed E-state index contributed by atoms with van der Waals surface area (Å²) in [5.41, 5.74) is 0.782. The molecule has 0 saturated heterocycles. The molecule has 0 aromatic heterocycles. The lowest BCUT2D eigenvalue weighted by molar-refractivity contribution is 0.0525. The van der Waals surface area contributed by atoms with Gasteiger partial charge in [0.25, 0.3) is 0 Å². The van der Waals surface area contributed by atoms with E-state index >= 15 is 0 Å². The number of benzene rings is 1. The number of hydrogen-bond acceptors (Lipinski definition) is 4. The zero-order chi connectivity index (χ0) is 11.3. The van der Waals surface area contributed by atoms with E-state index in [2.05, 4.69) is 0 Å². The minimum Gasteiger partial charge on any atom is -0.496 e. The lowest BCUT2D eigenvalue weighted by Gasteiger charge is -2.06. The average molecular weight is 208 g/mol. The van der Waals surface area contributed by atoms with Crippen molar-refractivity contribution >= 4 is 12.3 Å². The first-order valence-electron chi connectivity index (χ1n) is 4.53. The molecule has 0 bridgehead atoms. The number of rotatable bonds is 4. The monoisotopic (exact) mass is 208 g/mol. The molecule has 80 valence electrons. The van der Waals surface area contributed by atoms with Gasteiger partial charge in [0.15, 0.2) is 6.29 Å².